The molecule has 2 saturated carbocycles. The van der Waals surface area contributed by atoms with Gasteiger partial charge in [-0.15, -0.1) is 0 Å². The molecule has 0 aromatic carbocycles. The summed E-state index contributed by atoms with van der Waals surface area (Å²) in [5.41, 5.74) is 0. The van der Waals surface area contributed by atoms with Gasteiger partial charge in [-0.05, 0) is 63.0 Å². The zero-order valence-electron chi connectivity index (χ0n) is 16.4. The molecule has 6 nitrogen and oxygen atoms in total. The van der Waals surface area contributed by atoms with Crippen LogP contribution in [0.2, 0.25) is 0 Å². The van der Waals surface area contributed by atoms with Crippen LogP contribution >= 0.6 is 0 Å². The molecular weight excluding hydrogens is 342 g/mol. The zero-order chi connectivity index (χ0) is 19.0. The summed E-state index contributed by atoms with van der Waals surface area (Å²) < 4.78 is 5.21. The van der Waals surface area contributed by atoms with Gasteiger partial charge < -0.3 is 14.6 Å². The summed E-state index contributed by atoms with van der Waals surface area (Å²) in [5, 5.41) is 3.28. The van der Waals surface area contributed by atoms with E-state index >= 15 is 0 Å². The maximum Gasteiger partial charge on any atom is 0.289 e. The fourth-order valence-electron chi connectivity index (χ4n) is 5.39. The molecule has 2 bridgehead atoms. The molecule has 3 aliphatic rings. The highest BCUT2D eigenvalue weighted by Gasteiger charge is 2.42. The van der Waals surface area contributed by atoms with Crippen LogP contribution in [-0.2, 0) is 4.79 Å². The molecular formula is C21H31N3O3. The van der Waals surface area contributed by atoms with Crippen molar-refractivity contribution in [1.82, 2.24) is 15.1 Å². The minimum Gasteiger partial charge on any atom is -0.459 e. The quantitative estimate of drug-likeness (QED) is 0.861. The summed E-state index contributed by atoms with van der Waals surface area (Å²) in [5.74, 6) is 2.81. The molecule has 1 saturated heterocycles. The van der Waals surface area contributed by atoms with E-state index in [9.17, 15) is 9.59 Å². The molecule has 0 unspecified atom stereocenters. The number of nitrogens with zero attached hydrogens (tertiary/aromatic N) is 2. The van der Waals surface area contributed by atoms with E-state index in [4.69, 9.17) is 4.42 Å². The van der Waals surface area contributed by atoms with Gasteiger partial charge in [0.05, 0.1) is 12.3 Å². The summed E-state index contributed by atoms with van der Waals surface area (Å²) in [7, 11) is 0. The van der Waals surface area contributed by atoms with Crippen molar-refractivity contribution in [2.45, 2.75) is 51.6 Å². The first-order valence-electron chi connectivity index (χ1n) is 10.4. The van der Waals surface area contributed by atoms with Crippen molar-refractivity contribution in [3.05, 3.63) is 24.2 Å². The van der Waals surface area contributed by atoms with E-state index in [1.807, 2.05) is 6.92 Å². The Bertz CT molecular complexity index is 666. The summed E-state index contributed by atoms with van der Waals surface area (Å²) in [6.45, 7) is 6.83. The molecule has 27 heavy (non-hydrogen) atoms. The SMILES string of the molecule is C[C@H](NC(=O)[C@H](C)N1CCN(C(=O)c2ccco2)CC1)[C@H]1C[C@H]2CC[C@H]1C2. The highest BCUT2D eigenvalue weighted by Crippen LogP contribution is 2.49. The maximum atomic E-state index is 12.8. The van der Waals surface area contributed by atoms with Gasteiger partial charge in [-0.1, -0.05) is 6.42 Å². The van der Waals surface area contributed by atoms with Gasteiger partial charge in [0.15, 0.2) is 5.76 Å². The van der Waals surface area contributed by atoms with Crippen molar-refractivity contribution in [3.8, 4) is 0 Å². The van der Waals surface area contributed by atoms with Crippen LogP contribution in [0, 0.1) is 17.8 Å². The van der Waals surface area contributed by atoms with Crippen molar-refractivity contribution in [2.75, 3.05) is 26.2 Å². The molecule has 6 heteroatoms. The third-order valence-corrected chi connectivity index (χ3v) is 7.07. The lowest BCUT2D eigenvalue weighted by Crippen LogP contribution is -2.56. The number of piperazine rings is 1. The fraction of sp³-hybridized carbons (Fsp3) is 0.714. The lowest BCUT2D eigenvalue weighted by Gasteiger charge is -2.38. The molecule has 1 aromatic heterocycles. The van der Waals surface area contributed by atoms with E-state index in [0.717, 1.165) is 11.8 Å². The van der Waals surface area contributed by atoms with Gasteiger partial charge in [0.1, 0.15) is 0 Å². The Morgan fingerprint density at radius 1 is 1.15 bits per heavy atom. The number of fused-ring (bicyclic) bond motifs is 2. The Hall–Kier alpha value is -1.82. The largest absolute Gasteiger partial charge is 0.459 e. The minimum atomic E-state index is -0.160. The predicted octanol–water partition coefficient (Wildman–Crippen LogP) is 2.37. The zero-order valence-corrected chi connectivity index (χ0v) is 16.4. The Balaban J connectivity index is 1.25. The number of carbonyl (C=O) groups is 2. The first-order chi connectivity index (χ1) is 13.0. The van der Waals surface area contributed by atoms with Crippen molar-refractivity contribution in [2.24, 2.45) is 17.8 Å². The summed E-state index contributed by atoms with van der Waals surface area (Å²) in [6.07, 6.45) is 6.91. The Morgan fingerprint density at radius 3 is 2.52 bits per heavy atom. The van der Waals surface area contributed by atoms with Gasteiger partial charge in [0.25, 0.3) is 5.91 Å². The third kappa shape index (κ3) is 3.77. The van der Waals surface area contributed by atoms with Crippen molar-refractivity contribution in [3.63, 3.8) is 0 Å². The number of amides is 2. The molecule has 0 spiro atoms. The van der Waals surface area contributed by atoms with Crippen molar-refractivity contribution >= 4 is 11.8 Å². The smallest absolute Gasteiger partial charge is 0.289 e. The number of hydrogen-bond donors (Lipinski definition) is 1. The highest BCUT2D eigenvalue weighted by atomic mass is 16.3. The minimum absolute atomic E-state index is 0.0679. The van der Waals surface area contributed by atoms with E-state index in [1.54, 1.807) is 17.0 Å². The van der Waals surface area contributed by atoms with E-state index in [-0.39, 0.29) is 23.9 Å². The van der Waals surface area contributed by atoms with E-state index in [1.165, 1.54) is 31.9 Å². The molecule has 5 atom stereocenters. The molecule has 1 N–H and O–H groups in total. The second kappa shape index (κ2) is 7.66. The Kier molecular flexibility index (Phi) is 5.26. The number of rotatable bonds is 5. The van der Waals surface area contributed by atoms with Crippen LogP contribution in [0.25, 0.3) is 0 Å². The van der Waals surface area contributed by atoms with Crippen LogP contribution < -0.4 is 5.32 Å². The number of carbonyl (C=O) groups excluding carboxylic acids is 2. The second-order valence-corrected chi connectivity index (χ2v) is 8.62. The van der Waals surface area contributed by atoms with Gasteiger partial charge in [-0.3, -0.25) is 14.5 Å². The summed E-state index contributed by atoms with van der Waals surface area (Å²) >= 11 is 0. The van der Waals surface area contributed by atoms with Gasteiger partial charge >= 0.3 is 0 Å². The molecule has 0 radical (unpaired) electrons. The standard InChI is InChI=1S/C21H31N3O3/c1-14(18-13-16-5-6-17(18)12-16)22-20(25)15(2)23-7-9-24(10-8-23)21(26)19-4-3-11-27-19/h3-4,11,14-18H,5-10,12-13H2,1-2H3,(H,22,25)/t14-,15-,16-,17-,18+/m0/s1. The Labute approximate surface area is 161 Å². The maximum absolute atomic E-state index is 12.8. The lowest BCUT2D eigenvalue weighted by molar-refractivity contribution is -0.127. The highest BCUT2D eigenvalue weighted by molar-refractivity contribution is 5.91. The third-order valence-electron chi connectivity index (χ3n) is 7.07. The van der Waals surface area contributed by atoms with Gasteiger partial charge in [0.2, 0.25) is 5.91 Å². The molecule has 3 fully saturated rings. The first-order valence-corrected chi connectivity index (χ1v) is 10.4. The van der Waals surface area contributed by atoms with Crippen molar-refractivity contribution < 1.29 is 14.0 Å². The lowest BCUT2D eigenvalue weighted by atomic mass is 9.84. The monoisotopic (exact) mass is 373 g/mol. The van der Waals surface area contributed by atoms with E-state index in [0.29, 0.717) is 37.9 Å². The fourth-order valence-corrected chi connectivity index (χ4v) is 5.39. The molecule has 148 valence electrons. The van der Waals surface area contributed by atoms with E-state index in [2.05, 4.69) is 17.1 Å². The molecule has 1 aromatic rings. The average Bonchev–Trinajstić information content (AvgIpc) is 3.44. The number of furan rings is 1. The van der Waals surface area contributed by atoms with Crippen LogP contribution in [0.3, 0.4) is 0 Å². The predicted molar refractivity (Wildman–Crippen MR) is 102 cm³/mol. The molecule has 2 aliphatic carbocycles. The van der Waals surface area contributed by atoms with Gasteiger partial charge in [0, 0.05) is 32.2 Å². The normalized spacial score (nSPS) is 30.3. The van der Waals surface area contributed by atoms with Crippen LogP contribution in [0.15, 0.2) is 22.8 Å². The number of hydrogen-bond acceptors (Lipinski definition) is 4. The van der Waals surface area contributed by atoms with Crippen LogP contribution in [0.4, 0.5) is 0 Å². The number of nitrogens with one attached hydrogen (secondary N) is 1. The molecule has 4 rings (SSSR count). The second-order valence-electron chi connectivity index (χ2n) is 8.62. The molecule has 2 amide bonds. The summed E-state index contributed by atoms with van der Waals surface area (Å²) in [6, 6.07) is 3.53. The Morgan fingerprint density at radius 2 is 1.93 bits per heavy atom. The summed E-state index contributed by atoms with van der Waals surface area (Å²) in [4.78, 5) is 29.1. The van der Waals surface area contributed by atoms with Gasteiger partial charge in [-0.25, -0.2) is 0 Å². The average molecular weight is 373 g/mol. The van der Waals surface area contributed by atoms with Gasteiger partial charge in [-0.2, -0.15) is 0 Å². The first kappa shape index (κ1) is 18.5. The van der Waals surface area contributed by atoms with Crippen molar-refractivity contribution in [1.29, 1.82) is 0 Å². The van der Waals surface area contributed by atoms with Crippen LogP contribution in [0.1, 0.15) is 50.1 Å². The topological polar surface area (TPSA) is 65.8 Å². The van der Waals surface area contributed by atoms with Crippen LogP contribution in [0.5, 0.6) is 0 Å². The molecule has 2 heterocycles. The van der Waals surface area contributed by atoms with E-state index < -0.39 is 0 Å². The van der Waals surface area contributed by atoms with Crippen LogP contribution in [-0.4, -0.2) is 59.9 Å². The molecule has 1 aliphatic heterocycles.